The van der Waals surface area contributed by atoms with E-state index >= 15 is 0 Å². The number of urea groups is 1. The van der Waals surface area contributed by atoms with Crippen LogP contribution in [0.4, 0.5) is 13.6 Å². The van der Waals surface area contributed by atoms with Crippen LogP contribution in [0.2, 0.25) is 0 Å². The molecule has 1 rings (SSSR count). The monoisotopic (exact) mass is 370 g/mol. The molecular formula is C18H28F2N4O2. The predicted octanol–water partition coefficient (Wildman–Crippen LogP) is 1.92. The molecule has 0 saturated heterocycles. The van der Waals surface area contributed by atoms with Gasteiger partial charge in [0.05, 0.1) is 13.1 Å². The van der Waals surface area contributed by atoms with E-state index in [0.29, 0.717) is 13.0 Å². The minimum Gasteiger partial charge on any atom is -0.348 e. The Balaban J connectivity index is 2.57. The van der Waals surface area contributed by atoms with Crippen LogP contribution in [-0.4, -0.2) is 37.0 Å². The van der Waals surface area contributed by atoms with Gasteiger partial charge in [0.1, 0.15) is 6.04 Å². The summed E-state index contributed by atoms with van der Waals surface area (Å²) in [5.41, 5.74) is 6.98. The van der Waals surface area contributed by atoms with E-state index in [1.165, 1.54) is 0 Å². The number of nitrogens with one attached hydrogen (secondary N) is 3. The largest absolute Gasteiger partial charge is 0.348 e. The average molecular weight is 370 g/mol. The van der Waals surface area contributed by atoms with Crippen LogP contribution in [0, 0.1) is 12.8 Å². The van der Waals surface area contributed by atoms with Crippen molar-refractivity contribution in [2.24, 2.45) is 11.7 Å². The molecule has 6 nitrogen and oxygen atoms in total. The second-order valence-corrected chi connectivity index (χ2v) is 6.77. The van der Waals surface area contributed by atoms with E-state index < -0.39 is 37.0 Å². The van der Waals surface area contributed by atoms with E-state index in [2.05, 4.69) is 16.0 Å². The van der Waals surface area contributed by atoms with Crippen LogP contribution < -0.4 is 21.7 Å². The molecule has 8 heteroatoms. The van der Waals surface area contributed by atoms with E-state index in [0.717, 1.165) is 11.1 Å². The number of halogens is 2. The molecule has 0 bridgehead atoms. The van der Waals surface area contributed by atoms with Crippen LogP contribution in [0.15, 0.2) is 24.3 Å². The molecule has 1 atom stereocenters. The fourth-order valence-corrected chi connectivity index (χ4v) is 2.21. The van der Waals surface area contributed by atoms with Gasteiger partial charge in [-0.15, -0.1) is 0 Å². The number of alkyl halides is 2. The van der Waals surface area contributed by atoms with Gasteiger partial charge in [0.25, 0.3) is 5.92 Å². The first-order chi connectivity index (χ1) is 12.1. The summed E-state index contributed by atoms with van der Waals surface area (Å²) >= 11 is 0. The third-order valence-corrected chi connectivity index (χ3v) is 3.72. The second-order valence-electron chi connectivity index (χ2n) is 6.77. The summed E-state index contributed by atoms with van der Waals surface area (Å²) in [4.78, 5) is 24.2. The normalized spacial score (nSPS) is 12.6. The van der Waals surface area contributed by atoms with Gasteiger partial charge in [-0.2, -0.15) is 0 Å². The lowest BCUT2D eigenvalue weighted by Gasteiger charge is -2.22. The highest BCUT2D eigenvalue weighted by atomic mass is 19.3. The van der Waals surface area contributed by atoms with Crippen molar-refractivity contribution in [1.82, 2.24) is 16.0 Å². The first kappa shape index (κ1) is 21.8. The number of carbonyl (C=O) groups excluding carboxylic acids is 2. The summed E-state index contributed by atoms with van der Waals surface area (Å²) < 4.78 is 26.4. The molecule has 0 saturated carbocycles. The molecule has 0 aliphatic heterocycles. The van der Waals surface area contributed by atoms with E-state index in [9.17, 15) is 18.4 Å². The smallest absolute Gasteiger partial charge is 0.315 e. The first-order valence-corrected chi connectivity index (χ1v) is 8.58. The van der Waals surface area contributed by atoms with Gasteiger partial charge in [-0.05, 0) is 24.8 Å². The maximum atomic E-state index is 13.2. The molecule has 0 fully saturated rings. The van der Waals surface area contributed by atoms with Gasteiger partial charge in [0, 0.05) is 6.54 Å². The summed E-state index contributed by atoms with van der Waals surface area (Å²) in [6.07, 6.45) is 0.331. The van der Waals surface area contributed by atoms with Gasteiger partial charge in [-0.1, -0.05) is 43.7 Å². The standard InChI is InChI=1S/C18H28F2N4O2/c1-12(2)8-15(16(25)23-11-18(19,20)10-21)24-17(26)22-9-14-6-4-13(3)5-7-14/h4-7,12,15H,8-11,21H2,1-3H3,(H,23,25)(H2,22,24,26). The van der Waals surface area contributed by atoms with Crippen LogP contribution >= 0.6 is 0 Å². The molecule has 1 aromatic rings. The fraction of sp³-hybridized carbons (Fsp3) is 0.556. The highest BCUT2D eigenvalue weighted by Gasteiger charge is 2.29. The predicted molar refractivity (Wildman–Crippen MR) is 96.8 cm³/mol. The Labute approximate surface area is 152 Å². The number of rotatable bonds is 9. The zero-order chi connectivity index (χ0) is 19.7. The van der Waals surface area contributed by atoms with E-state index in [1.807, 2.05) is 45.0 Å². The van der Waals surface area contributed by atoms with Crippen LogP contribution in [0.5, 0.6) is 0 Å². The van der Waals surface area contributed by atoms with Crippen LogP contribution in [0.1, 0.15) is 31.4 Å². The molecule has 0 aliphatic rings. The Morgan fingerprint density at radius 2 is 1.77 bits per heavy atom. The molecule has 0 heterocycles. The summed E-state index contributed by atoms with van der Waals surface area (Å²) in [5, 5.41) is 7.36. The summed E-state index contributed by atoms with van der Waals surface area (Å²) in [6, 6.07) is 6.22. The van der Waals surface area contributed by atoms with Gasteiger partial charge in [0.2, 0.25) is 5.91 Å². The topological polar surface area (TPSA) is 96.2 Å². The number of hydrogen-bond acceptors (Lipinski definition) is 3. The van der Waals surface area contributed by atoms with Gasteiger partial charge >= 0.3 is 6.03 Å². The molecule has 0 aromatic heterocycles. The third-order valence-electron chi connectivity index (χ3n) is 3.72. The minimum atomic E-state index is -3.17. The highest BCUT2D eigenvalue weighted by molar-refractivity contribution is 5.87. The van der Waals surface area contributed by atoms with Crippen molar-refractivity contribution in [3.8, 4) is 0 Å². The SMILES string of the molecule is Cc1ccc(CNC(=O)NC(CC(C)C)C(=O)NCC(F)(F)CN)cc1. The lowest BCUT2D eigenvalue weighted by Crippen LogP contribution is -2.52. The number of carbonyl (C=O) groups is 2. The molecule has 1 unspecified atom stereocenters. The van der Waals surface area contributed by atoms with Crippen molar-refractivity contribution in [2.45, 2.75) is 45.7 Å². The van der Waals surface area contributed by atoms with Crippen LogP contribution in [-0.2, 0) is 11.3 Å². The Kier molecular flexibility index (Phi) is 8.44. The number of benzene rings is 1. The number of nitrogens with two attached hydrogens (primary N) is 1. The number of amides is 3. The number of hydrogen-bond donors (Lipinski definition) is 4. The molecule has 0 aliphatic carbocycles. The lowest BCUT2D eigenvalue weighted by molar-refractivity contribution is -0.125. The van der Waals surface area contributed by atoms with Gasteiger partial charge in [0.15, 0.2) is 0 Å². The fourth-order valence-electron chi connectivity index (χ4n) is 2.21. The van der Waals surface area contributed by atoms with Crippen molar-refractivity contribution in [2.75, 3.05) is 13.1 Å². The van der Waals surface area contributed by atoms with E-state index in [1.54, 1.807) is 0 Å². The molecule has 5 N–H and O–H groups in total. The molecule has 1 aromatic carbocycles. The van der Waals surface area contributed by atoms with Crippen LogP contribution in [0.25, 0.3) is 0 Å². The summed E-state index contributed by atoms with van der Waals surface area (Å²) in [6.45, 7) is 4.30. The van der Waals surface area contributed by atoms with E-state index in [4.69, 9.17) is 5.73 Å². The summed E-state index contributed by atoms with van der Waals surface area (Å²) in [5.74, 6) is -3.73. The molecule has 3 amide bonds. The van der Waals surface area contributed by atoms with Crippen molar-refractivity contribution < 1.29 is 18.4 Å². The van der Waals surface area contributed by atoms with Crippen molar-refractivity contribution in [3.63, 3.8) is 0 Å². The Morgan fingerprint density at radius 3 is 2.31 bits per heavy atom. The average Bonchev–Trinajstić information content (AvgIpc) is 2.58. The Bertz CT molecular complexity index is 591. The molecular weight excluding hydrogens is 342 g/mol. The Hall–Kier alpha value is -2.22. The lowest BCUT2D eigenvalue weighted by atomic mass is 10.0. The Morgan fingerprint density at radius 1 is 1.15 bits per heavy atom. The first-order valence-electron chi connectivity index (χ1n) is 8.58. The molecule has 26 heavy (non-hydrogen) atoms. The van der Waals surface area contributed by atoms with Gasteiger partial charge in [-0.25, -0.2) is 13.6 Å². The minimum absolute atomic E-state index is 0.0955. The van der Waals surface area contributed by atoms with E-state index in [-0.39, 0.29) is 5.92 Å². The van der Waals surface area contributed by atoms with Crippen molar-refractivity contribution in [3.05, 3.63) is 35.4 Å². The zero-order valence-corrected chi connectivity index (χ0v) is 15.4. The molecule has 0 radical (unpaired) electrons. The molecule has 0 spiro atoms. The van der Waals surface area contributed by atoms with Crippen molar-refractivity contribution >= 4 is 11.9 Å². The summed E-state index contributed by atoms with van der Waals surface area (Å²) in [7, 11) is 0. The van der Waals surface area contributed by atoms with Gasteiger partial charge < -0.3 is 21.7 Å². The van der Waals surface area contributed by atoms with Crippen molar-refractivity contribution in [1.29, 1.82) is 0 Å². The third kappa shape index (κ3) is 8.24. The molecule has 146 valence electrons. The second kappa shape index (κ2) is 10.1. The quantitative estimate of drug-likeness (QED) is 0.535. The van der Waals surface area contributed by atoms with Crippen LogP contribution in [0.3, 0.4) is 0 Å². The van der Waals surface area contributed by atoms with Gasteiger partial charge in [-0.3, -0.25) is 4.79 Å². The highest BCUT2D eigenvalue weighted by Crippen LogP contribution is 2.10. The maximum Gasteiger partial charge on any atom is 0.315 e. The maximum absolute atomic E-state index is 13.2. The zero-order valence-electron chi connectivity index (χ0n) is 15.4. The number of aryl methyl sites for hydroxylation is 1.